The van der Waals surface area contributed by atoms with Gasteiger partial charge in [-0.1, -0.05) is 0 Å². The molecule has 6 nitrogen and oxygen atoms in total. The van der Waals surface area contributed by atoms with Crippen molar-refractivity contribution < 1.29 is 9.59 Å². The fourth-order valence-corrected chi connectivity index (χ4v) is 1.10. The van der Waals surface area contributed by atoms with Crippen molar-refractivity contribution in [3.63, 3.8) is 0 Å². The fraction of sp³-hybridized carbons (Fsp3) is 0.571. The van der Waals surface area contributed by atoms with Gasteiger partial charge in [-0.15, -0.1) is 0 Å². The smallest absolute Gasteiger partial charge is 0.258 e. The molecule has 1 aliphatic heterocycles. The summed E-state index contributed by atoms with van der Waals surface area (Å²) < 4.78 is 0. The molecule has 0 aromatic heterocycles. The van der Waals surface area contributed by atoms with Gasteiger partial charge in [-0.2, -0.15) is 5.26 Å². The first-order valence-corrected chi connectivity index (χ1v) is 3.81. The quantitative estimate of drug-likeness (QED) is 0.536. The Labute approximate surface area is 75.5 Å². The molecule has 1 unspecified atom stereocenters. The van der Waals surface area contributed by atoms with Gasteiger partial charge in [0.2, 0.25) is 5.91 Å². The van der Waals surface area contributed by atoms with Gasteiger partial charge in [-0.25, -0.2) is 5.01 Å². The van der Waals surface area contributed by atoms with E-state index in [1.54, 1.807) is 18.1 Å². The van der Waals surface area contributed by atoms with E-state index in [0.29, 0.717) is 6.54 Å². The zero-order chi connectivity index (χ0) is 9.84. The van der Waals surface area contributed by atoms with E-state index in [2.05, 4.69) is 10.7 Å². The second-order valence-corrected chi connectivity index (χ2v) is 2.81. The van der Waals surface area contributed by atoms with Crippen LogP contribution >= 0.6 is 0 Å². The summed E-state index contributed by atoms with van der Waals surface area (Å²) in [6.07, 6.45) is -0.215. The number of likely N-dealkylation sites (N-methyl/N-ethyl adjacent to an activating group) is 1. The Morgan fingerprint density at radius 3 is 3.08 bits per heavy atom. The summed E-state index contributed by atoms with van der Waals surface area (Å²) in [5.74, 6) is -0.660. The molecule has 0 aromatic rings. The van der Waals surface area contributed by atoms with Gasteiger partial charge in [-0.05, 0) is 0 Å². The van der Waals surface area contributed by atoms with Crippen LogP contribution in [0.2, 0.25) is 0 Å². The van der Waals surface area contributed by atoms with Crippen LogP contribution in [0.1, 0.15) is 6.42 Å². The predicted octanol–water partition coefficient (Wildman–Crippen LogP) is -1.64. The first kappa shape index (κ1) is 9.48. The molecule has 0 saturated carbocycles. The summed E-state index contributed by atoms with van der Waals surface area (Å²) in [5.41, 5.74) is 2.51. The molecule has 2 amide bonds. The minimum absolute atomic E-state index is 0.215. The Morgan fingerprint density at radius 2 is 2.62 bits per heavy atom. The van der Waals surface area contributed by atoms with Gasteiger partial charge < -0.3 is 5.32 Å². The van der Waals surface area contributed by atoms with E-state index in [1.807, 2.05) is 0 Å². The van der Waals surface area contributed by atoms with Gasteiger partial charge in [-0.3, -0.25) is 15.0 Å². The van der Waals surface area contributed by atoms with Crippen molar-refractivity contribution in [1.82, 2.24) is 15.8 Å². The SMILES string of the molecule is CN1CC(NC(=O)CC#N)C(=O)N1. The first-order valence-electron chi connectivity index (χ1n) is 3.81. The van der Waals surface area contributed by atoms with Gasteiger partial charge in [0, 0.05) is 13.6 Å². The number of amides is 2. The third kappa shape index (κ3) is 2.42. The van der Waals surface area contributed by atoms with Crippen LogP contribution in [0, 0.1) is 11.3 Å². The van der Waals surface area contributed by atoms with Crippen molar-refractivity contribution in [2.24, 2.45) is 0 Å². The Bertz CT molecular complexity index is 270. The van der Waals surface area contributed by atoms with Crippen molar-refractivity contribution >= 4 is 11.8 Å². The monoisotopic (exact) mass is 182 g/mol. The summed E-state index contributed by atoms with van der Waals surface area (Å²) in [6.45, 7) is 0.427. The highest BCUT2D eigenvalue weighted by Gasteiger charge is 2.29. The lowest BCUT2D eigenvalue weighted by molar-refractivity contribution is -0.127. The zero-order valence-corrected chi connectivity index (χ0v) is 7.20. The zero-order valence-electron chi connectivity index (χ0n) is 7.20. The molecule has 6 heteroatoms. The van der Waals surface area contributed by atoms with Crippen LogP contribution < -0.4 is 10.7 Å². The summed E-state index contributed by atoms with van der Waals surface area (Å²) in [4.78, 5) is 22.0. The number of hydrogen-bond donors (Lipinski definition) is 2. The summed E-state index contributed by atoms with van der Waals surface area (Å²) in [6, 6.07) is 1.17. The lowest BCUT2D eigenvalue weighted by atomic mass is 10.3. The van der Waals surface area contributed by atoms with E-state index in [0.717, 1.165) is 0 Å². The van der Waals surface area contributed by atoms with Gasteiger partial charge in [0.25, 0.3) is 5.91 Å². The van der Waals surface area contributed by atoms with Gasteiger partial charge in [0.05, 0.1) is 6.07 Å². The maximum absolute atomic E-state index is 11.1. The number of nitrogens with one attached hydrogen (secondary N) is 2. The number of carbonyl (C=O) groups excluding carboxylic acids is 2. The third-order valence-electron chi connectivity index (χ3n) is 1.65. The molecule has 0 bridgehead atoms. The summed E-state index contributed by atoms with van der Waals surface area (Å²) >= 11 is 0. The minimum atomic E-state index is -0.536. The summed E-state index contributed by atoms with van der Waals surface area (Å²) in [7, 11) is 1.70. The first-order chi connectivity index (χ1) is 6.13. The molecule has 1 aliphatic rings. The standard InChI is InChI=1S/C7H10N4O2/c1-11-4-5(7(13)10-11)9-6(12)2-3-8/h5H,2,4H2,1H3,(H,9,12)(H,10,13). The average Bonchev–Trinajstić information content (AvgIpc) is 2.30. The highest BCUT2D eigenvalue weighted by molar-refractivity contribution is 5.89. The number of carbonyl (C=O) groups is 2. The molecule has 70 valence electrons. The largest absolute Gasteiger partial charge is 0.342 e. The number of hydrazine groups is 1. The van der Waals surface area contributed by atoms with Crippen molar-refractivity contribution in [3.05, 3.63) is 0 Å². The average molecular weight is 182 g/mol. The number of nitrogens with zero attached hydrogens (tertiary/aromatic N) is 2. The summed E-state index contributed by atoms with van der Waals surface area (Å²) in [5, 5.41) is 12.2. The van der Waals surface area contributed by atoms with Crippen LogP contribution in [0.15, 0.2) is 0 Å². The topological polar surface area (TPSA) is 85.2 Å². The fourth-order valence-electron chi connectivity index (χ4n) is 1.10. The van der Waals surface area contributed by atoms with E-state index < -0.39 is 11.9 Å². The second kappa shape index (κ2) is 3.87. The van der Waals surface area contributed by atoms with Gasteiger partial charge in [0.15, 0.2) is 0 Å². The number of nitriles is 1. The van der Waals surface area contributed by atoms with E-state index in [4.69, 9.17) is 5.26 Å². The normalized spacial score (nSPS) is 22.2. The second-order valence-electron chi connectivity index (χ2n) is 2.81. The highest BCUT2D eigenvalue weighted by atomic mass is 16.2. The number of rotatable bonds is 2. The molecule has 1 rings (SSSR count). The van der Waals surface area contributed by atoms with Crippen LogP contribution in [0.3, 0.4) is 0 Å². The Morgan fingerprint density at radius 1 is 1.92 bits per heavy atom. The van der Waals surface area contributed by atoms with Gasteiger partial charge in [0.1, 0.15) is 12.5 Å². The maximum atomic E-state index is 11.1. The minimum Gasteiger partial charge on any atom is -0.342 e. The molecule has 0 radical (unpaired) electrons. The molecular weight excluding hydrogens is 172 g/mol. The molecule has 1 saturated heterocycles. The molecule has 1 atom stereocenters. The highest BCUT2D eigenvalue weighted by Crippen LogP contribution is 1.96. The molecule has 0 spiro atoms. The Balaban J connectivity index is 2.42. The molecule has 1 fully saturated rings. The van der Waals surface area contributed by atoms with Crippen LogP contribution in [0.4, 0.5) is 0 Å². The molecule has 2 N–H and O–H groups in total. The molecule has 1 heterocycles. The Hall–Kier alpha value is -1.61. The Kier molecular flexibility index (Phi) is 2.82. The molecular formula is C7H10N4O2. The van der Waals surface area contributed by atoms with E-state index in [9.17, 15) is 9.59 Å². The van der Waals surface area contributed by atoms with Gasteiger partial charge >= 0.3 is 0 Å². The van der Waals surface area contributed by atoms with Crippen LogP contribution in [0.25, 0.3) is 0 Å². The van der Waals surface area contributed by atoms with Crippen molar-refractivity contribution in [3.8, 4) is 6.07 Å². The van der Waals surface area contributed by atoms with Crippen molar-refractivity contribution in [2.75, 3.05) is 13.6 Å². The molecule has 0 aliphatic carbocycles. The van der Waals surface area contributed by atoms with Crippen molar-refractivity contribution in [2.45, 2.75) is 12.5 Å². The lowest BCUT2D eigenvalue weighted by Gasteiger charge is -2.07. The van der Waals surface area contributed by atoms with E-state index >= 15 is 0 Å². The van der Waals surface area contributed by atoms with Crippen LogP contribution in [0.5, 0.6) is 0 Å². The van der Waals surface area contributed by atoms with Crippen molar-refractivity contribution in [1.29, 1.82) is 5.26 Å². The molecule has 13 heavy (non-hydrogen) atoms. The lowest BCUT2D eigenvalue weighted by Crippen LogP contribution is -2.41. The van der Waals surface area contributed by atoms with Crippen LogP contribution in [-0.4, -0.2) is 36.5 Å². The van der Waals surface area contributed by atoms with E-state index in [-0.39, 0.29) is 12.3 Å². The van der Waals surface area contributed by atoms with Crippen LogP contribution in [-0.2, 0) is 9.59 Å². The molecule has 0 aromatic carbocycles. The predicted molar refractivity (Wildman–Crippen MR) is 42.9 cm³/mol. The maximum Gasteiger partial charge on any atom is 0.258 e. The number of hydrogen-bond acceptors (Lipinski definition) is 4. The third-order valence-corrected chi connectivity index (χ3v) is 1.65. The van der Waals surface area contributed by atoms with E-state index in [1.165, 1.54) is 0 Å².